The predicted molar refractivity (Wildman–Crippen MR) is 48.6 cm³/mol. The van der Waals surface area contributed by atoms with Crippen LogP contribution in [0.4, 0.5) is 0 Å². The molecule has 0 aromatic heterocycles. The predicted octanol–water partition coefficient (Wildman–Crippen LogP) is 1.13. The van der Waals surface area contributed by atoms with Crippen LogP contribution in [-0.2, 0) is 0 Å². The molecule has 2 heteroatoms. The fourth-order valence-electron chi connectivity index (χ4n) is 3.41. The van der Waals surface area contributed by atoms with E-state index in [0.29, 0.717) is 5.92 Å². The van der Waals surface area contributed by atoms with Gasteiger partial charge >= 0.3 is 0 Å². The largest absolute Gasteiger partial charge is 0.391 e. The van der Waals surface area contributed by atoms with E-state index in [1.807, 2.05) is 0 Å². The van der Waals surface area contributed by atoms with Gasteiger partial charge in [-0.05, 0) is 24.2 Å². The van der Waals surface area contributed by atoms with Crippen molar-refractivity contribution in [2.75, 3.05) is 0 Å². The quantitative estimate of drug-likeness (QED) is 0.571. The number of aliphatic hydroxyl groups excluding tert-OH is 1. The van der Waals surface area contributed by atoms with Crippen molar-refractivity contribution in [1.82, 2.24) is 0 Å². The van der Waals surface area contributed by atoms with E-state index in [4.69, 9.17) is 5.73 Å². The Morgan fingerprint density at radius 3 is 2.17 bits per heavy atom. The van der Waals surface area contributed by atoms with Crippen LogP contribution >= 0.6 is 0 Å². The Bertz CT molecular complexity index is 214. The van der Waals surface area contributed by atoms with Crippen molar-refractivity contribution >= 4 is 0 Å². The Labute approximate surface area is 74.1 Å². The minimum atomic E-state index is -0.286. The van der Waals surface area contributed by atoms with Gasteiger partial charge in [0.15, 0.2) is 0 Å². The van der Waals surface area contributed by atoms with Crippen LogP contribution in [0.1, 0.15) is 33.6 Å². The van der Waals surface area contributed by atoms with Crippen LogP contribution in [0.25, 0.3) is 0 Å². The normalized spacial score (nSPS) is 56.2. The fraction of sp³-hybridized carbons (Fsp3) is 1.00. The molecule has 0 radical (unpaired) electrons. The molecule has 0 spiro atoms. The molecule has 0 aromatic carbocycles. The number of hydrogen-bond acceptors (Lipinski definition) is 2. The Hall–Kier alpha value is -0.0800. The molecule has 2 saturated carbocycles. The molecule has 0 saturated heterocycles. The molecule has 2 bridgehead atoms. The van der Waals surface area contributed by atoms with Gasteiger partial charge in [-0.25, -0.2) is 0 Å². The third kappa shape index (κ3) is 0.647. The van der Waals surface area contributed by atoms with Gasteiger partial charge in [-0.3, -0.25) is 0 Å². The van der Waals surface area contributed by atoms with E-state index in [-0.39, 0.29) is 23.0 Å². The molecule has 0 aromatic rings. The van der Waals surface area contributed by atoms with Crippen molar-refractivity contribution in [1.29, 1.82) is 0 Å². The van der Waals surface area contributed by atoms with Crippen molar-refractivity contribution in [2.45, 2.75) is 45.8 Å². The molecule has 2 nitrogen and oxygen atoms in total. The van der Waals surface area contributed by atoms with Crippen molar-refractivity contribution in [3.63, 3.8) is 0 Å². The Kier molecular flexibility index (Phi) is 1.45. The van der Waals surface area contributed by atoms with Crippen LogP contribution in [0.5, 0.6) is 0 Å². The lowest BCUT2D eigenvalue weighted by Crippen LogP contribution is -2.43. The average Bonchev–Trinajstić information content (AvgIpc) is 2.26. The van der Waals surface area contributed by atoms with Crippen LogP contribution in [0.3, 0.4) is 0 Å². The molecule has 2 rings (SSSR count). The summed E-state index contributed by atoms with van der Waals surface area (Å²) < 4.78 is 0. The molecular weight excluding hydrogens is 150 g/mol. The lowest BCUT2D eigenvalue weighted by atomic mass is 9.70. The number of nitrogens with two attached hydrogens (primary N) is 1. The number of fused-ring (bicyclic) bond motifs is 2. The van der Waals surface area contributed by atoms with Crippen molar-refractivity contribution in [3.8, 4) is 0 Å². The second-order valence-electron chi connectivity index (χ2n) is 5.31. The lowest BCUT2D eigenvalue weighted by molar-refractivity contribution is 0.00582. The second-order valence-corrected chi connectivity index (χ2v) is 5.31. The molecular formula is C10H19NO. The second kappa shape index (κ2) is 2.05. The molecule has 2 aliphatic carbocycles. The summed E-state index contributed by atoms with van der Waals surface area (Å²) in [7, 11) is 0. The molecule has 0 aliphatic heterocycles. The summed E-state index contributed by atoms with van der Waals surface area (Å²) in [6.45, 7) is 6.69. The maximum absolute atomic E-state index is 9.96. The zero-order valence-corrected chi connectivity index (χ0v) is 8.17. The summed E-state index contributed by atoms with van der Waals surface area (Å²) >= 11 is 0. The molecule has 70 valence electrons. The van der Waals surface area contributed by atoms with Crippen LogP contribution in [0, 0.1) is 16.7 Å². The fourth-order valence-corrected chi connectivity index (χ4v) is 3.41. The number of aliphatic hydroxyl groups is 1. The maximum Gasteiger partial charge on any atom is 0.0752 e. The van der Waals surface area contributed by atoms with Gasteiger partial charge in [0.25, 0.3) is 0 Å². The number of hydrogen-bond donors (Lipinski definition) is 2. The zero-order valence-electron chi connectivity index (χ0n) is 8.17. The first kappa shape index (κ1) is 8.52. The van der Waals surface area contributed by atoms with Gasteiger partial charge in [0, 0.05) is 11.5 Å². The first-order valence-corrected chi connectivity index (χ1v) is 4.85. The first-order chi connectivity index (χ1) is 5.41. The molecule has 0 amide bonds. The van der Waals surface area contributed by atoms with Crippen molar-refractivity contribution < 1.29 is 5.11 Å². The van der Waals surface area contributed by atoms with Gasteiger partial charge in [-0.2, -0.15) is 0 Å². The lowest BCUT2D eigenvalue weighted by Gasteiger charge is -2.36. The summed E-state index contributed by atoms with van der Waals surface area (Å²) in [4.78, 5) is 0. The highest BCUT2D eigenvalue weighted by atomic mass is 16.3. The summed E-state index contributed by atoms with van der Waals surface area (Å²) in [5.74, 6) is 0.525. The molecule has 2 aliphatic rings. The van der Waals surface area contributed by atoms with Gasteiger partial charge in [0.1, 0.15) is 0 Å². The summed E-state index contributed by atoms with van der Waals surface area (Å²) in [5.41, 5.74) is 6.27. The van der Waals surface area contributed by atoms with Gasteiger partial charge < -0.3 is 10.8 Å². The Morgan fingerprint density at radius 1 is 1.33 bits per heavy atom. The molecule has 3 N–H and O–H groups in total. The van der Waals surface area contributed by atoms with Crippen LogP contribution < -0.4 is 5.73 Å². The SMILES string of the molecule is CC1(C)[C@@H]2CC[C@@]1(C)[C@H](O)[C@H]2N. The summed E-state index contributed by atoms with van der Waals surface area (Å²) in [6.07, 6.45) is 2.05. The van der Waals surface area contributed by atoms with Gasteiger partial charge in [-0.1, -0.05) is 20.8 Å². The van der Waals surface area contributed by atoms with E-state index in [1.165, 1.54) is 6.42 Å². The van der Waals surface area contributed by atoms with E-state index in [1.54, 1.807) is 0 Å². The highest BCUT2D eigenvalue weighted by Crippen LogP contribution is 2.64. The third-order valence-electron chi connectivity index (χ3n) is 4.86. The van der Waals surface area contributed by atoms with Gasteiger partial charge in [0.05, 0.1) is 6.10 Å². The maximum atomic E-state index is 9.96. The molecule has 4 atom stereocenters. The highest BCUT2D eigenvalue weighted by Gasteiger charge is 2.64. The highest BCUT2D eigenvalue weighted by molar-refractivity contribution is 5.16. The van der Waals surface area contributed by atoms with E-state index in [9.17, 15) is 5.11 Å². The van der Waals surface area contributed by atoms with Crippen LogP contribution in [0.2, 0.25) is 0 Å². The average molecular weight is 169 g/mol. The van der Waals surface area contributed by atoms with E-state index in [2.05, 4.69) is 20.8 Å². The monoisotopic (exact) mass is 169 g/mol. The van der Waals surface area contributed by atoms with Crippen molar-refractivity contribution in [3.05, 3.63) is 0 Å². The van der Waals surface area contributed by atoms with Crippen molar-refractivity contribution in [2.24, 2.45) is 22.5 Å². The summed E-state index contributed by atoms with van der Waals surface area (Å²) in [6, 6.07) is 0.0127. The van der Waals surface area contributed by atoms with E-state index >= 15 is 0 Å². The molecule has 2 fully saturated rings. The summed E-state index contributed by atoms with van der Waals surface area (Å²) in [5, 5.41) is 9.96. The number of rotatable bonds is 0. The first-order valence-electron chi connectivity index (χ1n) is 4.85. The van der Waals surface area contributed by atoms with Gasteiger partial charge in [0.2, 0.25) is 0 Å². The van der Waals surface area contributed by atoms with Crippen LogP contribution in [0.15, 0.2) is 0 Å². The zero-order chi connectivity index (χ0) is 9.15. The minimum absolute atomic E-state index is 0.0127. The Balaban J connectivity index is 2.44. The Morgan fingerprint density at radius 2 is 1.92 bits per heavy atom. The van der Waals surface area contributed by atoms with E-state index < -0.39 is 0 Å². The van der Waals surface area contributed by atoms with Crippen LogP contribution in [-0.4, -0.2) is 17.3 Å². The standard InChI is InChI=1S/C10H19NO/c1-9(2)6-4-5-10(9,3)8(12)7(6)11/h6-8,12H,4-5,11H2,1-3H3/t6-,7+,8-,10+/m1/s1. The molecule has 12 heavy (non-hydrogen) atoms. The smallest absolute Gasteiger partial charge is 0.0752 e. The molecule has 0 heterocycles. The van der Waals surface area contributed by atoms with E-state index in [0.717, 1.165) is 6.42 Å². The topological polar surface area (TPSA) is 46.2 Å². The minimum Gasteiger partial charge on any atom is -0.391 e. The molecule has 0 unspecified atom stereocenters. The van der Waals surface area contributed by atoms with Gasteiger partial charge in [-0.15, -0.1) is 0 Å². The third-order valence-corrected chi connectivity index (χ3v) is 4.86.